The first-order chi connectivity index (χ1) is 13.1. The van der Waals surface area contributed by atoms with Gasteiger partial charge in [-0.25, -0.2) is 4.98 Å². The molecule has 1 atom stereocenters. The molecule has 0 amide bonds. The quantitative estimate of drug-likeness (QED) is 0.479. The summed E-state index contributed by atoms with van der Waals surface area (Å²) >= 11 is 1.44. The SMILES string of the molecule is Cc1ccc(-c2csc3ncn([C@H](C)C(=O)c4ccccc4)c(=O)c23)cc1. The molecule has 0 radical (unpaired) electrons. The maximum Gasteiger partial charge on any atom is 0.263 e. The summed E-state index contributed by atoms with van der Waals surface area (Å²) in [7, 11) is 0. The average molecular weight is 374 g/mol. The third-order valence-electron chi connectivity index (χ3n) is 4.74. The van der Waals surface area contributed by atoms with Gasteiger partial charge in [-0.2, -0.15) is 0 Å². The number of Topliss-reactive ketones (excluding diaryl/α,β-unsaturated/α-hetero) is 1. The number of hydrogen-bond acceptors (Lipinski definition) is 4. The van der Waals surface area contributed by atoms with Crippen LogP contribution in [0.25, 0.3) is 21.3 Å². The Morgan fingerprint density at radius 1 is 1.07 bits per heavy atom. The highest BCUT2D eigenvalue weighted by Gasteiger charge is 2.21. The zero-order valence-corrected chi connectivity index (χ0v) is 15.9. The summed E-state index contributed by atoms with van der Waals surface area (Å²) < 4.78 is 1.43. The Balaban J connectivity index is 1.82. The molecule has 0 fully saturated rings. The number of rotatable bonds is 4. The van der Waals surface area contributed by atoms with Gasteiger partial charge in [0.2, 0.25) is 0 Å². The summed E-state index contributed by atoms with van der Waals surface area (Å²) in [6, 6.07) is 16.5. The fourth-order valence-corrected chi connectivity index (χ4v) is 4.04. The molecule has 0 saturated carbocycles. The fraction of sp³-hybridized carbons (Fsp3) is 0.136. The molecule has 0 unspecified atom stereocenters. The number of ketones is 1. The van der Waals surface area contributed by atoms with Crippen LogP contribution in [0.5, 0.6) is 0 Å². The van der Waals surface area contributed by atoms with Crippen molar-refractivity contribution in [3.05, 3.63) is 87.8 Å². The lowest BCUT2D eigenvalue weighted by atomic mass is 10.0. The van der Waals surface area contributed by atoms with E-state index in [1.165, 1.54) is 22.2 Å². The van der Waals surface area contributed by atoms with Crippen LogP contribution < -0.4 is 5.56 Å². The van der Waals surface area contributed by atoms with Gasteiger partial charge in [-0.05, 0) is 19.4 Å². The van der Waals surface area contributed by atoms with Crippen molar-refractivity contribution >= 4 is 27.3 Å². The van der Waals surface area contributed by atoms with Crippen molar-refractivity contribution in [3.8, 4) is 11.1 Å². The van der Waals surface area contributed by atoms with Gasteiger partial charge in [0, 0.05) is 16.5 Å². The van der Waals surface area contributed by atoms with Crippen molar-refractivity contribution in [2.45, 2.75) is 19.9 Å². The molecule has 2 heterocycles. The summed E-state index contributed by atoms with van der Waals surface area (Å²) in [5, 5.41) is 2.52. The number of hydrogen-bond donors (Lipinski definition) is 0. The molecule has 0 spiro atoms. The standard InChI is InChI=1S/C22H18N2O2S/c1-14-8-10-16(11-9-14)18-12-27-21-19(18)22(26)24(13-23-21)15(2)20(25)17-6-4-3-5-7-17/h3-13,15H,1-2H3/t15-/m1/s1. The van der Waals surface area contributed by atoms with Crippen molar-refractivity contribution in [1.29, 1.82) is 0 Å². The predicted octanol–water partition coefficient (Wildman–Crippen LogP) is 4.88. The van der Waals surface area contributed by atoms with Gasteiger partial charge in [-0.1, -0.05) is 60.2 Å². The van der Waals surface area contributed by atoms with Crippen LogP contribution in [0.2, 0.25) is 0 Å². The van der Waals surface area contributed by atoms with Crippen LogP contribution in [-0.4, -0.2) is 15.3 Å². The van der Waals surface area contributed by atoms with Crippen LogP contribution in [0.1, 0.15) is 28.9 Å². The molecule has 0 bridgehead atoms. The number of fused-ring (bicyclic) bond motifs is 1. The van der Waals surface area contributed by atoms with E-state index in [0.29, 0.717) is 15.8 Å². The highest BCUT2D eigenvalue weighted by molar-refractivity contribution is 7.17. The second kappa shape index (κ2) is 6.93. The van der Waals surface area contributed by atoms with Gasteiger partial charge in [0.05, 0.1) is 17.8 Å². The summed E-state index contributed by atoms with van der Waals surface area (Å²) in [4.78, 5) is 31.1. The molecule has 2 aromatic carbocycles. The van der Waals surface area contributed by atoms with E-state index >= 15 is 0 Å². The van der Waals surface area contributed by atoms with E-state index in [0.717, 1.165) is 16.7 Å². The number of benzene rings is 2. The van der Waals surface area contributed by atoms with Gasteiger partial charge in [0.1, 0.15) is 4.83 Å². The van der Waals surface area contributed by atoms with E-state index in [2.05, 4.69) is 4.98 Å². The van der Waals surface area contributed by atoms with E-state index in [-0.39, 0.29) is 11.3 Å². The molecule has 4 nitrogen and oxygen atoms in total. The maximum absolute atomic E-state index is 13.2. The van der Waals surface area contributed by atoms with Gasteiger partial charge in [0.25, 0.3) is 5.56 Å². The Morgan fingerprint density at radius 3 is 2.48 bits per heavy atom. The van der Waals surface area contributed by atoms with Crippen LogP contribution in [-0.2, 0) is 0 Å². The van der Waals surface area contributed by atoms with E-state index in [4.69, 9.17) is 0 Å². The molecule has 0 saturated heterocycles. The highest BCUT2D eigenvalue weighted by atomic mass is 32.1. The molecule has 27 heavy (non-hydrogen) atoms. The second-order valence-electron chi connectivity index (χ2n) is 6.56. The Hall–Kier alpha value is -3.05. The summed E-state index contributed by atoms with van der Waals surface area (Å²) in [5.74, 6) is -0.106. The first-order valence-electron chi connectivity index (χ1n) is 8.71. The van der Waals surface area contributed by atoms with Crippen LogP contribution in [0.15, 0.2) is 71.1 Å². The van der Waals surface area contributed by atoms with Gasteiger partial charge in [0.15, 0.2) is 5.78 Å². The van der Waals surface area contributed by atoms with E-state index in [1.54, 1.807) is 19.1 Å². The predicted molar refractivity (Wildman–Crippen MR) is 110 cm³/mol. The van der Waals surface area contributed by atoms with Crippen LogP contribution >= 0.6 is 11.3 Å². The smallest absolute Gasteiger partial charge is 0.263 e. The normalized spacial score (nSPS) is 12.2. The van der Waals surface area contributed by atoms with E-state index < -0.39 is 6.04 Å². The minimum Gasteiger partial charge on any atom is -0.292 e. The molecule has 2 aromatic heterocycles. The van der Waals surface area contributed by atoms with Crippen molar-refractivity contribution < 1.29 is 4.79 Å². The minimum absolute atomic E-state index is 0.106. The third kappa shape index (κ3) is 3.11. The Labute approximate surface area is 160 Å². The number of aryl methyl sites for hydroxylation is 1. The molecule has 5 heteroatoms. The van der Waals surface area contributed by atoms with Crippen molar-refractivity contribution in [3.63, 3.8) is 0 Å². The highest BCUT2D eigenvalue weighted by Crippen LogP contribution is 2.31. The van der Waals surface area contributed by atoms with Crippen molar-refractivity contribution in [2.24, 2.45) is 0 Å². The second-order valence-corrected chi connectivity index (χ2v) is 7.42. The summed E-state index contributed by atoms with van der Waals surface area (Å²) in [6.07, 6.45) is 1.48. The fourth-order valence-electron chi connectivity index (χ4n) is 3.14. The molecule has 0 aliphatic rings. The number of aromatic nitrogens is 2. The molecule has 0 aliphatic carbocycles. The molecule has 134 valence electrons. The first kappa shape index (κ1) is 17.4. The Kier molecular flexibility index (Phi) is 4.46. The van der Waals surface area contributed by atoms with Crippen molar-refractivity contribution in [2.75, 3.05) is 0 Å². The Morgan fingerprint density at radius 2 is 1.78 bits per heavy atom. The van der Waals surface area contributed by atoms with Crippen molar-refractivity contribution in [1.82, 2.24) is 9.55 Å². The van der Waals surface area contributed by atoms with Gasteiger partial charge >= 0.3 is 0 Å². The largest absolute Gasteiger partial charge is 0.292 e. The monoisotopic (exact) mass is 374 g/mol. The molecule has 4 aromatic rings. The lowest BCUT2D eigenvalue weighted by Gasteiger charge is -2.14. The van der Waals surface area contributed by atoms with E-state index in [9.17, 15) is 9.59 Å². The lowest BCUT2D eigenvalue weighted by molar-refractivity contribution is 0.0932. The molecule has 0 N–H and O–H groups in total. The topological polar surface area (TPSA) is 52.0 Å². The molecular formula is C22H18N2O2S. The minimum atomic E-state index is -0.623. The first-order valence-corrected chi connectivity index (χ1v) is 9.59. The molecule has 0 aliphatic heterocycles. The maximum atomic E-state index is 13.2. The average Bonchev–Trinajstić information content (AvgIpc) is 3.13. The number of thiophene rings is 1. The van der Waals surface area contributed by atoms with Gasteiger partial charge in [-0.15, -0.1) is 11.3 Å². The lowest BCUT2D eigenvalue weighted by Crippen LogP contribution is -2.28. The third-order valence-corrected chi connectivity index (χ3v) is 5.62. The van der Waals surface area contributed by atoms with Crippen LogP contribution in [0.4, 0.5) is 0 Å². The van der Waals surface area contributed by atoms with Crippen LogP contribution in [0, 0.1) is 6.92 Å². The summed E-state index contributed by atoms with van der Waals surface area (Å²) in [6.45, 7) is 3.77. The Bertz CT molecular complexity index is 1170. The van der Waals surface area contributed by atoms with Crippen LogP contribution in [0.3, 0.4) is 0 Å². The number of carbonyl (C=O) groups is 1. The zero-order valence-electron chi connectivity index (χ0n) is 15.0. The summed E-state index contributed by atoms with van der Waals surface area (Å²) in [5.41, 5.74) is 3.40. The van der Waals surface area contributed by atoms with E-state index in [1.807, 2.05) is 54.8 Å². The molecule has 4 rings (SSSR count). The van der Waals surface area contributed by atoms with Gasteiger partial charge < -0.3 is 0 Å². The number of carbonyl (C=O) groups excluding carboxylic acids is 1. The van der Waals surface area contributed by atoms with Gasteiger partial charge in [-0.3, -0.25) is 14.2 Å². The zero-order chi connectivity index (χ0) is 19.0. The number of nitrogens with zero attached hydrogens (tertiary/aromatic N) is 2. The molecular weight excluding hydrogens is 356 g/mol.